The van der Waals surface area contributed by atoms with Gasteiger partial charge in [-0.05, 0) is 32.6 Å². The van der Waals surface area contributed by atoms with Crippen LogP contribution < -0.4 is 33.1 Å². The Morgan fingerprint density at radius 1 is 1.05 bits per heavy atom. The Morgan fingerprint density at radius 2 is 1.69 bits per heavy atom. The minimum absolute atomic E-state index is 0.00453. The van der Waals surface area contributed by atoms with Crippen molar-refractivity contribution < 1.29 is 14.3 Å². The maximum atomic E-state index is 13.1. The zero-order chi connectivity index (χ0) is 27.8. The highest BCUT2D eigenvalue weighted by molar-refractivity contribution is 5.79. The molecular weight excluding hydrogens is 500 g/mol. The predicted octanol–water partition coefficient (Wildman–Crippen LogP) is 1.29. The maximum Gasteiger partial charge on any atom is 0.351 e. The molecule has 0 radical (unpaired) electrons. The van der Waals surface area contributed by atoms with Gasteiger partial charge in [-0.3, -0.25) is 19.1 Å². The van der Waals surface area contributed by atoms with Crippen LogP contribution in [0.5, 0.6) is 0 Å². The lowest BCUT2D eigenvalue weighted by Crippen LogP contribution is -2.48. The number of hydrogen-bond donors (Lipinski definition) is 5. The summed E-state index contributed by atoms with van der Waals surface area (Å²) >= 11 is 0. The molecule has 216 valence electrons. The third-order valence-electron chi connectivity index (χ3n) is 8.14. The second-order valence-corrected chi connectivity index (χ2v) is 11.1. The number of rotatable bonds is 10. The number of anilines is 1. The van der Waals surface area contributed by atoms with Crippen LogP contribution in [-0.4, -0.2) is 59.1 Å². The SMILES string of the molecule is Cc1cn([C@H]2C[C@H](NC(=O)C3CCCCC3)[C@@H](CNC(=O)C3CCCCC3)O2)c(=O)nc1NCCN=C(N)N. The van der Waals surface area contributed by atoms with Gasteiger partial charge in [-0.1, -0.05) is 38.5 Å². The van der Waals surface area contributed by atoms with Crippen LogP contribution in [0.4, 0.5) is 5.82 Å². The van der Waals surface area contributed by atoms with E-state index in [9.17, 15) is 14.4 Å². The lowest BCUT2D eigenvalue weighted by atomic mass is 9.88. The van der Waals surface area contributed by atoms with Gasteiger partial charge in [-0.15, -0.1) is 0 Å². The second kappa shape index (κ2) is 13.8. The Balaban J connectivity index is 1.44. The molecule has 1 aromatic heterocycles. The molecule has 1 aromatic rings. The third kappa shape index (κ3) is 7.93. The summed E-state index contributed by atoms with van der Waals surface area (Å²) in [6.45, 7) is 2.92. The van der Waals surface area contributed by atoms with E-state index >= 15 is 0 Å². The smallest absolute Gasteiger partial charge is 0.351 e. The van der Waals surface area contributed by atoms with Gasteiger partial charge in [-0.2, -0.15) is 4.98 Å². The molecule has 2 amide bonds. The van der Waals surface area contributed by atoms with Crippen LogP contribution in [0.1, 0.15) is 82.4 Å². The molecule has 12 nitrogen and oxygen atoms in total. The van der Waals surface area contributed by atoms with Crippen LogP contribution in [0.3, 0.4) is 0 Å². The van der Waals surface area contributed by atoms with E-state index in [-0.39, 0.29) is 42.2 Å². The highest BCUT2D eigenvalue weighted by Gasteiger charge is 2.39. The topological polar surface area (TPSA) is 179 Å². The quantitative estimate of drug-likeness (QED) is 0.166. The molecule has 1 saturated heterocycles. The number of nitrogens with zero attached hydrogens (tertiary/aromatic N) is 3. The van der Waals surface area contributed by atoms with Crippen LogP contribution in [0.2, 0.25) is 0 Å². The first-order chi connectivity index (χ1) is 18.8. The molecule has 0 bridgehead atoms. The molecule has 4 rings (SSSR count). The molecule has 0 unspecified atom stereocenters. The number of aliphatic imine (C=N–C) groups is 1. The Morgan fingerprint density at radius 3 is 2.33 bits per heavy atom. The molecule has 2 aliphatic carbocycles. The van der Waals surface area contributed by atoms with Crippen molar-refractivity contribution in [3.8, 4) is 0 Å². The summed E-state index contributed by atoms with van der Waals surface area (Å²) in [4.78, 5) is 47.0. The van der Waals surface area contributed by atoms with Gasteiger partial charge in [0.2, 0.25) is 11.8 Å². The average molecular weight is 545 g/mol. The fourth-order valence-corrected chi connectivity index (χ4v) is 5.93. The van der Waals surface area contributed by atoms with E-state index in [2.05, 4.69) is 25.9 Å². The van der Waals surface area contributed by atoms with Crippen molar-refractivity contribution in [2.45, 2.75) is 95.9 Å². The number of guanidine groups is 1. The minimum atomic E-state index is -0.604. The fraction of sp³-hybridized carbons (Fsp3) is 0.741. The summed E-state index contributed by atoms with van der Waals surface area (Å²) in [5.74, 6) is 0.585. The first-order valence-electron chi connectivity index (χ1n) is 14.4. The van der Waals surface area contributed by atoms with E-state index in [1.165, 1.54) is 17.4 Å². The predicted molar refractivity (Wildman–Crippen MR) is 149 cm³/mol. The van der Waals surface area contributed by atoms with E-state index in [1.807, 2.05) is 6.92 Å². The molecule has 39 heavy (non-hydrogen) atoms. The lowest BCUT2D eigenvalue weighted by Gasteiger charge is -2.26. The van der Waals surface area contributed by atoms with Crippen LogP contribution in [-0.2, 0) is 14.3 Å². The van der Waals surface area contributed by atoms with Gasteiger partial charge in [0, 0.05) is 43.1 Å². The molecule has 3 fully saturated rings. The van der Waals surface area contributed by atoms with Crippen molar-refractivity contribution in [3.05, 3.63) is 22.2 Å². The average Bonchev–Trinajstić information content (AvgIpc) is 3.34. The number of aryl methyl sites for hydroxylation is 1. The van der Waals surface area contributed by atoms with E-state index in [4.69, 9.17) is 16.2 Å². The van der Waals surface area contributed by atoms with Gasteiger partial charge >= 0.3 is 5.69 Å². The van der Waals surface area contributed by atoms with E-state index in [0.29, 0.717) is 25.3 Å². The van der Waals surface area contributed by atoms with Gasteiger partial charge in [0.25, 0.3) is 0 Å². The maximum absolute atomic E-state index is 13.1. The van der Waals surface area contributed by atoms with Crippen molar-refractivity contribution in [1.29, 1.82) is 0 Å². The van der Waals surface area contributed by atoms with Gasteiger partial charge < -0.3 is 32.2 Å². The fourth-order valence-electron chi connectivity index (χ4n) is 5.93. The van der Waals surface area contributed by atoms with Gasteiger partial charge in [-0.25, -0.2) is 4.79 Å². The van der Waals surface area contributed by atoms with E-state index in [0.717, 1.165) is 56.9 Å². The normalized spacial score (nSPS) is 24.2. The second-order valence-electron chi connectivity index (χ2n) is 11.1. The van der Waals surface area contributed by atoms with Crippen molar-refractivity contribution in [3.63, 3.8) is 0 Å². The number of carbonyl (C=O) groups excluding carboxylic acids is 2. The van der Waals surface area contributed by atoms with Gasteiger partial charge in [0.15, 0.2) is 5.96 Å². The number of ether oxygens (including phenoxy) is 1. The Hall–Kier alpha value is -3.15. The summed E-state index contributed by atoms with van der Waals surface area (Å²) in [5, 5.41) is 9.34. The zero-order valence-corrected chi connectivity index (χ0v) is 23.0. The molecule has 12 heteroatoms. The van der Waals surface area contributed by atoms with Crippen molar-refractivity contribution in [2.75, 3.05) is 25.0 Å². The first kappa shape index (κ1) is 28.8. The molecule has 2 heterocycles. The van der Waals surface area contributed by atoms with Crippen molar-refractivity contribution >= 4 is 23.6 Å². The molecular formula is C27H44N8O4. The summed E-state index contributed by atoms with van der Waals surface area (Å²) in [6, 6.07) is -0.319. The Bertz CT molecular complexity index is 1070. The van der Waals surface area contributed by atoms with Crippen LogP contribution >= 0.6 is 0 Å². The van der Waals surface area contributed by atoms with E-state index < -0.39 is 18.0 Å². The molecule has 0 spiro atoms. The molecule has 0 aromatic carbocycles. The summed E-state index contributed by atoms with van der Waals surface area (Å²) < 4.78 is 7.79. The van der Waals surface area contributed by atoms with Crippen LogP contribution in [0.25, 0.3) is 0 Å². The standard InChI is InChI=1S/C27H44N8O4/c1-17-16-35(27(38)34-23(17)30-12-13-31-26(28)29)22-14-20(33-25(37)19-10-6-3-7-11-19)21(39-22)15-32-24(36)18-8-4-2-5-9-18/h16,18-22H,2-15H2,1H3,(H,32,36)(H,33,37)(H4,28,29,31)(H,30,34,38)/t20-,21+,22+/m0/s1. The lowest BCUT2D eigenvalue weighted by molar-refractivity contribution is -0.127. The highest BCUT2D eigenvalue weighted by atomic mass is 16.5. The van der Waals surface area contributed by atoms with Crippen LogP contribution in [0.15, 0.2) is 16.0 Å². The minimum Gasteiger partial charge on any atom is -0.370 e. The van der Waals surface area contributed by atoms with Gasteiger partial charge in [0.05, 0.1) is 18.7 Å². The van der Waals surface area contributed by atoms with Crippen molar-refractivity contribution in [1.82, 2.24) is 20.2 Å². The summed E-state index contributed by atoms with van der Waals surface area (Å²) in [7, 11) is 0. The number of carbonyl (C=O) groups is 2. The molecule has 7 N–H and O–H groups in total. The van der Waals surface area contributed by atoms with E-state index in [1.54, 1.807) is 6.20 Å². The largest absolute Gasteiger partial charge is 0.370 e. The highest BCUT2D eigenvalue weighted by Crippen LogP contribution is 2.30. The number of nitrogens with two attached hydrogens (primary N) is 2. The Labute approximate surface area is 229 Å². The number of amides is 2. The third-order valence-corrected chi connectivity index (χ3v) is 8.14. The Kier molecular flexibility index (Phi) is 10.2. The number of hydrogen-bond acceptors (Lipinski definition) is 7. The first-order valence-corrected chi connectivity index (χ1v) is 14.4. The monoisotopic (exact) mass is 544 g/mol. The number of nitrogens with one attached hydrogen (secondary N) is 3. The number of aromatic nitrogens is 2. The van der Waals surface area contributed by atoms with Crippen LogP contribution in [0, 0.1) is 18.8 Å². The summed E-state index contributed by atoms with van der Waals surface area (Å²) in [6.07, 6.45) is 11.3. The molecule has 1 aliphatic heterocycles. The zero-order valence-electron chi connectivity index (χ0n) is 23.0. The van der Waals surface area contributed by atoms with Crippen molar-refractivity contribution in [2.24, 2.45) is 28.3 Å². The molecule has 2 saturated carbocycles. The molecule has 3 atom stereocenters. The molecule has 3 aliphatic rings. The summed E-state index contributed by atoms with van der Waals surface area (Å²) in [5.41, 5.74) is 11.0. The van der Waals surface area contributed by atoms with Gasteiger partial charge in [0.1, 0.15) is 12.0 Å².